The van der Waals surface area contributed by atoms with Crippen molar-refractivity contribution in [2.45, 2.75) is 51.9 Å². The number of hydrogen-bond donors (Lipinski definition) is 0. The minimum Gasteiger partial charge on any atom is -0.436 e. The molecule has 0 aliphatic heterocycles. The van der Waals surface area contributed by atoms with E-state index in [0.717, 1.165) is 0 Å². The summed E-state index contributed by atoms with van der Waals surface area (Å²) in [5.41, 5.74) is 0.833. The van der Waals surface area contributed by atoms with E-state index < -0.39 is 26.6 Å². The monoisotopic (exact) mass is 386 g/mol. The molecular weight excluding hydrogens is 356 g/mol. The molecule has 0 heterocycles. The van der Waals surface area contributed by atoms with Gasteiger partial charge in [-0.2, -0.15) is 0 Å². The van der Waals surface area contributed by atoms with Gasteiger partial charge in [0.2, 0.25) is 0 Å². The molecule has 0 spiro atoms. The van der Waals surface area contributed by atoms with E-state index in [0.29, 0.717) is 11.1 Å². The van der Waals surface area contributed by atoms with Crippen molar-refractivity contribution in [3.8, 4) is 0 Å². The van der Waals surface area contributed by atoms with Crippen LogP contribution in [0.1, 0.15) is 27.7 Å². The topological polar surface area (TPSA) is 18.5 Å². The Morgan fingerprint density at radius 3 is 1.40 bits per heavy atom. The van der Waals surface area contributed by atoms with E-state index in [1.54, 1.807) is 0 Å². The van der Waals surface area contributed by atoms with Gasteiger partial charge in [-0.1, -0.05) is 88.4 Å². The molecule has 5 heteroatoms. The van der Waals surface area contributed by atoms with Gasteiger partial charge in [0.1, 0.15) is 0 Å². The lowest BCUT2D eigenvalue weighted by molar-refractivity contribution is 0.365. The van der Waals surface area contributed by atoms with Gasteiger partial charge in [0.15, 0.2) is 9.04 Å². The fourth-order valence-electron chi connectivity index (χ4n) is 3.10. The van der Waals surface area contributed by atoms with Gasteiger partial charge in [0, 0.05) is 0 Å². The summed E-state index contributed by atoms with van der Waals surface area (Å²) in [7, 11) is -4.52. The van der Waals surface area contributed by atoms with Crippen LogP contribution in [0, 0.1) is 0 Å². The maximum Gasteiger partial charge on any atom is 0.323 e. The fraction of sp³-hybridized carbons (Fsp3) is 0.400. The van der Waals surface area contributed by atoms with Crippen LogP contribution in [-0.2, 0) is 8.23 Å². The van der Waals surface area contributed by atoms with E-state index >= 15 is 0 Å². The highest BCUT2D eigenvalue weighted by Crippen LogP contribution is 2.35. The quantitative estimate of drug-likeness (QED) is 0.628. The van der Waals surface area contributed by atoms with E-state index in [9.17, 15) is 0 Å². The van der Waals surface area contributed by atoms with Crippen molar-refractivity contribution >= 4 is 37.0 Å². The standard InChI is InChI=1S/C20H30O2Si3/c1-17(2)25(18(3)4,21-23(5)6)22-24(19-13-9-7-10-14-19)20-15-11-8-12-16-20/h7-18H,1-6H3. The molecule has 0 saturated carbocycles. The summed E-state index contributed by atoms with van der Waals surface area (Å²) in [4.78, 5) is 0. The zero-order valence-electron chi connectivity index (χ0n) is 16.2. The largest absolute Gasteiger partial charge is 0.436 e. The van der Waals surface area contributed by atoms with Crippen molar-refractivity contribution in [3.63, 3.8) is 0 Å². The van der Waals surface area contributed by atoms with Crippen LogP contribution in [-0.4, -0.2) is 26.6 Å². The Bertz CT molecular complexity index is 582. The van der Waals surface area contributed by atoms with Crippen LogP contribution in [0.25, 0.3) is 0 Å². The van der Waals surface area contributed by atoms with Gasteiger partial charge in [-0.3, -0.25) is 0 Å². The smallest absolute Gasteiger partial charge is 0.323 e. The third-order valence-corrected chi connectivity index (χ3v) is 14.2. The van der Waals surface area contributed by atoms with E-state index in [2.05, 4.69) is 101 Å². The zero-order chi connectivity index (χ0) is 18.4. The second-order valence-corrected chi connectivity index (χ2v) is 16.2. The van der Waals surface area contributed by atoms with Gasteiger partial charge in [-0.05, 0) is 34.5 Å². The molecule has 0 aromatic heterocycles. The molecule has 0 fully saturated rings. The first-order chi connectivity index (χ1) is 11.9. The number of hydrogen-bond acceptors (Lipinski definition) is 2. The molecule has 2 rings (SSSR count). The molecular formula is C20H30O2Si3. The van der Waals surface area contributed by atoms with Crippen molar-refractivity contribution in [1.82, 2.24) is 0 Å². The number of benzene rings is 2. The highest BCUT2D eigenvalue weighted by atomic mass is 28.5. The molecule has 0 aliphatic carbocycles. The van der Waals surface area contributed by atoms with E-state index in [-0.39, 0.29) is 0 Å². The fourth-order valence-corrected chi connectivity index (χ4v) is 14.8. The molecule has 2 aromatic carbocycles. The predicted molar refractivity (Wildman–Crippen MR) is 114 cm³/mol. The lowest BCUT2D eigenvalue weighted by Gasteiger charge is -2.41. The Kier molecular flexibility index (Phi) is 7.39. The Hall–Kier alpha value is -0.989. The Morgan fingerprint density at radius 1 is 0.680 bits per heavy atom. The van der Waals surface area contributed by atoms with Crippen LogP contribution in [0.15, 0.2) is 60.7 Å². The van der Waals surface area contributed by atoms with Crippen molar-refractivity contribution in [1.29, 1.82) is 0 Å². The lowest BCUT2D eigenvalue weighted by atomic mass is 10.4. The summed E-state index contributed by atoms with van der Waals surface area (Å²) in [5, 5.41) is 2.59. The average molecular weight is 387 g/mol. The normalized spacial score (nSPS) is 12.6. The third-order valence-electron chi connectivity index (χ3n) is 4.31. The van der Waals surface area contributed by atoms with Gasteiger partial charge >= 0.3 is 8.56 Å². The van der Waals surface area contributed by atoms with Gasteiger partial charge in [0.05, 0.1) is 0 Å². The minimum absolute atomic E-state index is 0.417. The Labute approximate surface area is 157 Å². The van der Waals surface area contributed by atoms with Crippen LogP contribution in [0.2, 0.25) is 24.2 Å². The molecule has 0 saturated heterocycles. The molecule has 2 aromatic rings. The molecule has 0 unspecified atom stereocenters. The summed E-state index contributed by atoms with van der Waals surface area (Å²) in [6.45, 7) is 13.5. The second kappa shape index (κ2) is 9.09. The molecule has 25 heavy (non-hydrogen) atoms. The van der Waals surface area contributed by atoms with Crippen LogP contribution in [0.3, 0.4) is 0 Å². The van der Waals surface area contributed by atoms with E-state index in [4.69, 9.17) is 8.23 Å². The minimum atomic E-state index is -2.35. The summed E-state index contributed by atoms with van der Waals surface area (Å²) < 4.78 is 13.8. The summed E-state index contributed by atoms with van der Waals surface area (Å²) in [6, 6.07) is 21.4. The first kappa shape index (κ1) is 20.3. The highest BCUT2D eigenvalue weighted by Gasteiger charge is 2.47. The maximum atomic E-state index is 7.09. The summed E-state index contributed by atoms with van der Waals surface area (Å²) in [6.07, 6.45) is 0. The Morgan fingerprint density at radius 2 is 1.08 bits per heavy atom. The molecule has 0 N–H and O–H groups in total. The predicted octanol–water partition coefficient (Wildman–Crippen LogP) is 4.34. The maximum absolute atomic E-state index is 7.09. The van der Waals surface area contributed by atoms with Crippen molar-refractivity contribution < 1.29 is 8.23 Å². The van der Waals surface area contributed by atoms with Gasteiger partial charge < -0.3 is 8.23 Å². The zero-order valence-corrected chi connectivity index (χ0v) is 19.2. The summed E-state index contributed by atoms with van der Waals surface area (Å²) in [5.74, 6) is 0. The number of rotatable bonds is 8. The molecule has 134 valence electrons. The second-order valence-electron chi connectivity index (χ2n) is 7.20. The Balaban J connectivity index is 2.49. The van der Waals surface area contributed by atoms with Crippen molar-refractivity contribution in [2.75, 3.05) is 0 Å². The first-order valence-electron chi connectivity index (χ1n) is 9.02. The summed E-state index contributed by atoms with van der Waals surface area (Å²) >= 11 is 0. The van der Waals surface area contributed by atoms with Crippen LogP contribution < -0.4 is 10.4 Å². The molecule has 2 radical (unpaired) electrons. The first-order valence-corrected chi connectivity index (χ1v) is 14.8. The molecule has 0 aliphatic rings. The van der Waals surface area contributed by atoms with Gasteiger partial charge in [-0.25, -0.2) is 0 Å². The highest BCUT2D eigenvalue weighted by molar-refractivity contribution is 6.90. The van der Waals surface area contributed by atoms with Gasteiger partial charge in [0.25, 0.3) is 9.04 Å². The lowest BCUT2D eigenvalue weighted by Crippen LogP contribution is -2.59. The molecule has 0 bridgehead atoms. The van der Waals surface area contributed by atoms with Crippen molar-refractivity contribution in [3.05, 3.63) is 60.7 Å². The molecule has 0 atom stereocenters. The van der Waals surface area contributed by atoms with Gasteiger partial charge in [-0.15, -0.1) is 0 Å². The van der Waals surface area contributed by atoms with E-state index in [1.165, 1.54) is 10.4 Å². The van der Waals surface area contributed by atoms with Crippen LogP contribution >= 0.6 is 0 Å². The van der Waals surface area contributed by atoms with Crippen LogP contribution in [0.5, 0.6) is 0 Å². The molecule has 2 nitrogen and oxygen atoms in total. The SMILES string of the molecule is CC(C)[Si](O[Si](C)C)(O[Si](c1ccccc1)c1ccccc1)C(C)C. The van der Waals surface area contributed by atoms with Crippen LogP contribution in [0.4, 0.5) is 0 Å². The third kappa shape index (κ3) is 5.01. The average Bonchev–Trinajstić information content (AvgIpc) is 2.59. The molecule has 0 amide bonds. The van der Waals surface area contributed by atoms with E-state index in [1.807, 2.05) is 0 Å². The van der Waals surface area contributed by atoms with Crippen molar-refractivity contribution in [2.24, 2.45) is 0 Å².